The van der Waals surface area contributed by atoms with E-state index in [-0.39, 0.29) is 12.2 Å². The van der Waals surface area contributed by atoms with Crippen LogP contribution in [0.4, 0.5) is 8.78 Å². The summed E-state index contributed by atoms with van der Waals surface area (Å²) in [5.74, 6) is -1.06. The summed E-state index contributed by atoms with van der Waals surface area (Å²) in [7, 11) is 0. The number of alkyl halides is 2. The zero-order valence-electron chi connectivity index (χ0n) is 9.05. The molecule has 0 spiro atoms. The molecule has 96 valence electrons. The molecule has 2 rings (SSSR count). The van der Waals surface area contributed by atoms with Crippen molar-refractivity contribution in [3.63, 3.8) is 0 Å². The minimum Gasteiger partial charge on any atom is -0.478 e. The van der Waals surface area contributed by atoms with E-state index in [1.807, 2.05) is 0 Å². The predicted octanol–water partition coefficient (Wildman–Crippen LogP) is 1.87. The van der Waals surface area contributed by atoms with Crippen molar-refractivity contribution in [3.8, 4) is 5.75 Å². The van der Waals surface area contributed by atoms with Gasteiger partial charge in [-0.15, -0.1) is 0 Å². The van der Waals surface area contributed by atoms with Crippen LogP contribution in [0, 0.1) is 0 Å². The van der Waals surface area contributed by atoms with Gasteiger partial charge in [0.15, 0.2) is 0 Å². The van der Waals surface area contributed by atoms with Gasteiger partial charge in [0.25, 0.3) is 0 Å². The average molecular weight is 257 g/mol. The number of carboxylic acid groups (broad SMARTS) is 1. The van der Waals surface area contributed by atoms with Crippen molar-refractivity contribution in [1.82, 2.24) is 0 Å². The van der Waals surface area contributed by atoms with Gasteiger partial charge in [-0.25, -0.2) is 4.79 Å². The number of rotatable bonds is 4. The van der Waals surface area contributed by atoms with Gasteiger partial charge in [-0.05, 0) is 29.8 Å². The highest BCUT2D eigenvalue weighted by molar-refractivity contribution is 6.03. The molecule has 0 aromatic heterocycles. The first-order valence-corrected chi connectivity index (χ1v) is 5.07. The zero-order valence-corrected chi connectivity index (χ0v) is 9.05. The molecule has 0 saturated carbocycles. The summed E-state index contributed by atoms with van der Waals surface area (Å²) in [6, 6.07) is 5.75. The number of carbonyl (C=O) groups is 1. The number of ether oxygens (including phenoxy) is 1. The third kappa shape index (κ3) is 2.73. The summed E-state index contributed by atoms with van der Waals surface area (Å²) < 4.78 is 28.1. The van der Waals surface area contributed by atoms with Gasteiger partial charge >= 0.3 is 12.6 Å². The van der Waals surface area contributed by atoms with E-state index in [2.05, 4.69) is 9.89 Å². The Bertz CT molecular complexity index is 472. The van der Waals surface area contributed by atoms with Gasteiger partial charge < -0.3 is 14.7 Å². The quantitative estimate of drug-likeness (QED) is 0.893. The fourth-order valence-electron chi connectivity index (χ4n) is 1.51. The van der Waals surface area contributed by atoms with Gasteiger partial charge in [0.05, 0.1) is 5.71 Å². The molecule has 0 bridgehead atoms. The fourth-order valence-corrected chi connectivity index (χ4v) is 1.51. The summed E-state index contributed by atoms with van der Waals surface area (Å²) in [6.45, 7) is -2.88. The number of hydrogen-bond donors (Lipinski definition) is 1. The van der Waals surface area contributed by atoms with Crippen molar-refractivity contribution in [2.24, 2.45) is 5.16 Å². The van der Waals surface area contributed by atoms with E-state index >= 15 is 0 Å². The van der Waals surface area contributed by atoms with Gasteiger partial charge in [0, 0.05) is 6.42 Å². The van der Waals surface area contributed by atoms with E-state index in [1.165, 1.54) is 24.3 Å². The first kappa shape index (κ1) is 12.3. The summed E-state index contributed by atoms with van der Waals surface area (Å²) in [5.41, 5.74) is 1.08. The standard InChI is InChI=1S/C11H9F2NO4/c12-11(13)17-7-3-1-6(2-4-7)8-5-9(10(15)16)18-14-8/h1-4,9,11H,5H2,(H,15,16). The minimum absolute atomic E-state index is 0.0306. The largest absolute Gasteiger partial charge is 0.478 e. The smallest absolute Gasteiger partial charge is 0.387 e. The first-order chi connectivity index (χ1) is 8.56. The van der Waals surface area contributed by atoms with Crippen LogP contribution in [0.15, 0.2) is 29.4 Å². The van der Waals surface area contributed by atoms with Crippen LogP contribution in [-0.2, 0) is 9.63 Å². The summed E-state index contributed by atoms with van der Waals surface area (Å²) in [6.07, 6.45) is -0.846. The Kier molecular flexibility index (Phi) is 3.40. The monoisotopic (exact) mass is 257 g/mol. The van der Waals surface area contributed by atoms with E-state index in [9.17, 15) is 13.6 Å². The van der Waals surface area contributed by atoms with Crippen LogP contribution in [-0.4, -0.2) is 29.5 Å². The second-order valence-electron chi connectivity index (χ2n) is 3.58. The van der Waals surface area contributed by atoms with Crippen molar-refractivity contribution in [3.05, 3.63) is 29.8 Å². The lowest BCUT2D eigenvalue weighted by molar-refractivity contribution is -0.148. The predicted molar refractivity (Wildman–Crippen MR) is 56.7 cm³/mol. The number of nitrogens with zero attached hydrogens (tertiary/aromatic N) is 1. The number of aliphatic carboxylic acids is 1. The average Bonchev–Trinajstić information content (AvgIpc) is 2.78. The lowest BCUT2D eigenvalue weighted by Crippen LogP contribution is -2.19. The highest BCUT2D eigenvalue weighted by Crippen LogP contribution is 2.20. The second-order valence-corrected chi connectivity index (χ2v) is 3.58. The van der Waals surface area contributed by atoms with Crippen molar-refractivity contribution in [1.29, 1.82) is 0 Å². The molecule has 1 heterocycles. The molecule has 1 atom stereocenters. The third-order valence-corrected chi connectivity index (χ3v) is 2.36. The Balaban J connectivity index is 2.05. The maximum atomic E-state index is 11.9. The van der Waals surface area contributed by atoms with Gasteiger partial charge in [0.1, 0.15) is 5.75 Å². The maximum absolute atomic E-state index is 11.9. The van der Waals surface area contributed by atoms with Gasteiger partial charge in [-0.1, -0.05) is 5.16 Å². The normalized spacial score (nSPS) is 18.4. The number of halogens is 2. The molecule has 1 aliphatic heterocycles. The summed E-state index contributed by atoms with van der Waals surface area (Å²) in [5, 5.41) is 12.4. The molecule has 1 N–H and O–H groups in total. The highest BCUT2D eigenvalue weighted by atomic mass is 19.3. The lowest BCUT2D eigenvalue weighted by Gasteiger charge is -2.05. The summed E-state index contributed by atoms with van der Waals surface area (Å²) >= 11 is 0. The number of oxime groups is 1. The van der Waals surface area contributed by atoms with Gasteiger partial charge in [-0.3, -0.25) is 0 Å². The van der Waals surface area contributed by atoms with Crippen LogP contribution in [0.1, 0.15) is 12.0 Å². The molecule has 0 aliphatic carbocycles. The van der Waals surface area contributed by atoms with Crippen molar-refractivity contribution in [2.75, 3.05) is 0 Å². The van der Waals surface area contributed by atoms with Crippen LogP contribution < -0.4 is 4.74 Å². The molecule has 1 aliphatic rings. The van der Waals surface area contributed by atoms with Crippen LogP contribution in [0.3, 0.4) is 0 Å². The van der Waals surface area contributed by atoms with Crippen LogP contribution >= 0.6 is 0 Å². The Morgan fingerprint density at radius 3 is 2.61 bits per heavy atom. The SMILES string of the molecule is O=C(O)C1CC(c2ccc(OC(F)F)cc2)=NO1. The zero-order chi connectivity index (χ0) is 13.1. The third-order valence-electron chi connectivity index (χ3n) is 2.36. The lowest BCUT2D eigenvalue weighted by atomic mass is 10.1. The highest BCUT2D eigenvalue weighted by Gasteiger charge is 2.28. The molecule has 7 heteroatoms. The molecule has 0 fully saturated rings. The van der Waals surface area contributed by atoms with E-state index in [4.69, 9.17) is 9.94 Å². The Morgan fingerprint density at radius 2 is 2.11 bits per heavy atom. The van der Waals surface area contributed by atoms with E-state index in [1.54, 1.807) is 0 Å². The van der Waals surface area contributed by atoms with E-state index in [0.29, 0.717) is 11.3 Å². The fraction of sp³-hybridized carbons (Fsp3) is 0.273. The van der Waals surface area contributed by atoms with Crippen molar-refractivity contribution >= 4 is 11.7 Å². The van der Waals surface area contributed by atoms with Crippen molar-refractivity contribution in [2.45, 2.75) is 19.1 Å². The van der Waals surface area contributed by atoms with Gasteiger partial charge in [0.2, 0.25) is 6.10 Å². The van der Waals surface area contributed by atoms with Gasteiger partial charge in [-0.2, -0.15) is 8.78 Å². The van der Waals surface area contributed by atoms with E-state index in [0.717, 1.165) is 0 Å². The topological polar surface area (TPSA) is 68.1 Å². The number of hydrogen-bond acceptors (Lipinski definition) is 4. The second kappa shape index (κ2) is 4.99. The molecule has 0 saturated heterocycles. The molecule has 18 heavy (non-hydrogen) atoms. The van der Waals surface area contributed by atoms with Crippen molar-refractivity contribution < 1.29 is 28.3 Å². The van der Waals surface area contributed by atoms with E-state index < -0.39 is 18.7 Å². The first-order valence-electron chi connectivity index (χ1n) is 5.07. The number of benzene rings is 1. The molecular weight excluding hydrogens is 248 g/mol. The Morgan fingerprint density at radius 1 is 1.44 bits per heavy atom. The maximum Gasteiger partial charge on any atom is 0.387 e. The molecular formula is C11H9F2NO4. The molecule has 1 aromatic carbocycles. The molecule has 1 unspecified atom stereocenters. The summed E-state index contributed by atoms with van der Waals surface area (Å²) in [4.78, 5) is 15.4. The molecule has 5 nitrogen and oxygen atoms in total. The van der Waals surface area contributed by atoms with Crippen LogP contribution in [0.2, 0.25) is 0 Å². The molecule has 1 aromatic rings. The number of carboxylic acids is 1. The van der Waals surface area contributed by atoms with Crippen LogP contribution in [0.25, 0.3) is 0 Å². The van der Waals surface area contributed by atoms with Crippen LogP contribution in [0.5, 0.6) is 5.75 Å². The Hall–Kier alpha value is -2.18. The Labute approximate surface area is 101 Å². The minimum atomic E-state index is -2.88. The molecule has 0 amide bonds. The molecule has 0 radical (unpaired) electrons.